The van der Waals surface area contributed by atoms with Gasteiger partial charge in [-0.2, -0.15) is 21.6 Å². The van der Waals surface area contributed by atoms with Gasteiger partial charge in [0.1, 0.15) is 5.82 Å². The Balaban J connectivity index is 2.35. The fraction of sp³-hybridized carbons (Fsp3) is 0.222. The van der Waals surface area contributed by atoms with Crippen molar-refractivity contribution in [1.29, 1.82) is 0 Å². The van der Waals surface area contributed by atoms with Crippen LogP contribution in [0.1, 0.15) is 5.56 Å². The van der Waals surface area contributed by atoms with Gasteiger partial charge < -0.3 is 9.50 Å². The second kappa shape index (κ2) is 4.16. The van der Waals surface area contributed by atoms with E-state index in [1.807, 2.05) is 0 Å². The van der Waals surface area contributed by atoms with Crippen LogP contribution in [0.2, 0.25) is 0 Å². The predicted molar refractivity (Wildman–Crippen MR) is 56.8 cm³/mol. The zero-order chi connectivity index (χ0) is 13.4. The number of rotatable bonds is 2. The molecule has 0 bridgehead atoms. The second-order valence-electron chi connectivity index (χ2n) is 3.33. The van der Waals surface area contributed by atoms with E-state index in [1.54, 1.807) is 0 Å². The second-order valence-corrected chi connectivity index (χ2v) is 4.87. The largest absolute Gasteiger partial charge is 0.534 e. The standard InChI is InChI=1S/C9H7F3N2O3S/c10-9(11,12)18(15,16)17-7-3-5-14-8-6(7)2-1-4-13-8/h1-4H,5H2,(H,13,14). The van der Waals surface area contributed by atoms with E-state index < -0.39 is 15.6 Å². The molecule has 0 amide bonds. The number of hydrogen-bond donors (Lipinski definition) is 1. The Bertz CT molecular complexity index is 595. The van der Waals surface area contributed by atoms with Crippen molar-refractivity contribution in [3.05, 3.63) is 30.0 Å². The molecular weight excluding hydrogens is 273 g/mol. The van der Waals surface area contributed by atoms with Gasteiger partial charge in [0.05, 0.1) is 5.56 Å². The molecule has 0 aromatic carbocycles. The lowest BCUT2D eigenvalue weighted by atomic mass is 10.1. The SMILES string of the molecule is O=S(=O)(OC1=CCNc2ncccc21)C(F)(F)F. The van der Waals surface area contributed by atoms with Crippen molar-refractivity contribution in [3.8, 4) is 0 Å². The van der Waals surface area contributed by atoms with Gasteiger partial charge in [-0.25, -0.2) is 4.98 Å². The van der Waals surface area contributed by atoms with Crippen LogP contribution in [-0.2, 0) is 14.3 Å². The third-order valence-corrected chi connectivity index (χ3v) is 3.08. The third-order valence-electron chi connectivity index (χ3n) is 2.11. The number of fused-ring (bicyclic) bond motifs is 1. The van der Waals surface area contributed by atoms with Gasteiger partial charge in [0.25, 0.3) is 0 Å². The average Bonchev–Trinajstić information content (AvgIpc) is 2.27. The first kappa shape index (κ1) is 12.7. The molecule has 2 heterocycles. The minimum atomic E-state index is -5.66. The van der Waals surface area contributed by atoms with Gasteiger partial charge in [-0.1, -0.05) is 0 Å². The van der Waals surface area contributed by atoms with Crippen LogP contribution in [0, 0.1) is 0 Å². The van der Waals surface area contributed by atoms with E-state index in [1.165, 1.54) is 24.4 Å². The van der Waals surface area contributed by atoms with E-state index in [4.69, 9.17) is 0 Å². The third kappa shape index (κ3) is 2.26. The molecule has 1 aromatic heterocycles. The lowest BCUT2D eigenvalue weighted by Crippen LogP contribution is -2.26. The average molecular weight is 280 g/mol. The van der Waals surface area contributed by atoms with Crippen molar-refractivity contribution in [2.45, 2.75) is 5.51 Å². The number of nitrogens with one attached hydrogen (secondary N) is 1. The summed E-state index contributed by atoms with van der Waals surface area (Å²) in [6.07, 6.45) is 2.63. The summed E-state index contributed by atoms with van der Waals surface area (Å²) in [5.74, 6) is -0.110. The number of nitrogens with zero attached hydrogens (tertiary/aromatic N) is 1. The fourth-order valence-corrected chi connectivity index (χ4v) is 1.83. The lowest BCUT2D eigenvalue weighted by molar-refractivity contribution is -0.0509. The first-order valence-electron chi connectivity index (χ1n) is 4.71. The summed E-state index contributed by atoms with van der Waals surface area (Å²) in [6.45, 7) is 0.132. The van der Waals surface area contributed by atoms with Crippen LogP contribution in [0.3, 0.4) is 0 Å². The summed E-state index contributed by atoms with van der Waals surface area (Å²) in [4.78, 5) is 3.85. The smallest absolute Gasteiger partial charge is 0.376 e. The minimum Gasteiger partial charge on any atom is -0.376 e. The van der Waals surface area contributed by atoms with Gasteiger partial charge in [-0.3, -0.25) is 0 Å². The maximum Gasteiger partial charge on any atom is 0.534 e. The molecule has 0 fully saturated rings. The maximum atomic E-state index is 12.2. The van der Waals surface area contributed by atoms with Crippen LogP contribution in [0.25, 0.3) is 5.76 Å². The Labute approximate surface area is 100 Å². The molecule has 0 atom stereocenters. The van der Waals surface area contributed by atoms with Crippen molar-refractivity contribution < 1.29 is 25.8 Å². The number of aromatic nitrogens is 1. The molecular formula is C9H7F3N2O3S. The summed E-state index contributed by atoms with van der Waals surface area (Å²) in [7, 11) is -5.66. The Morgan fingerprint density at radius 1 is 1.39 bits per heavy atom. The lowest BCUT2D eigenvalue weighted by Gasteiger charge is -2.18. The quantitative estimate of drug-likeness (QED) is 0.660. The van der Waals surface area contributed by atoms with Gasteiger partial charge in [0, 0.05) is 12.7 Å². The van der Waals surface area contributed by atoms with Crippen molar-refractivity contribution in [3.63, 3.8) is 0 Å². The molecule has 98 valence electrons. The molecule has 0 saturated carbocycles. The van der Waals surface area contributed by atoms with Gasteiger partial charge >= 0.3 is 15.6 Å². The summed E-state index contributed by atoms with van der Waals surface area (Å²) < 4.78 is 62.5. The molecule has 1 aromatic rings. The molecule has 2 rings (SSSR count). The Hall–Kier alpha value is -1.77. The van der Waals surface area contributed by atoms with E-state index in [0.29, 0.717) is 0 Å². The van der Waals surface area contributed by atoms with Crippen LogP contribution in [-0.4, -0.2) is 25.5 Å². The number of hydrogen-bond acceptors (Lipinski definition) is 5. The number of alkyl halides is 3. The van der Waals surface area contributed by atoms with Crippen LogP contribution < -0.4 is 5.32 Å². The highest BCUT2D eigenvalue weighted by Crippen LogP contribution is 2.32. The van der Waals surface area contributed by atoms with Crippen LogP contribution in [0.15, 0.2) is 24.4 Å². The van der Waals surface area contributed by atoms with Gasteiger partial charge in [0.15, 0.2) is 5.76 Å². The molecule has 0 radical (unpaired) electrons. The first-order chi connectivity index (χ1) is 8.31. The normalized spacial score (nSPS) is 15.4. The molecule has 18 heavy (non-hydrogen) atoms. The molecule has 0 unspecified atom stereocenters. The molecule has 0 aliphatic carbocycles. The van der Waals surface area contributed by atoms with Crippen molar-refractivity contribution >= 4 is 21.7 Å². The maximum absolute atomic E-state index is 12.2. The Kier molecular flexibility index (Phi) is 2.93. The van der Waals surface area contributed by atoms with Crippen molar-refractivity contribution in [2.24, 2.45) is 0 Å². The van der Waals surface area contributed by atoms with Gasteiger partial charge in [-0.05, 0) is 18.2 Å². The zero-order valence-electron chi connectivity index (χ0n) is 8.73. The monoisotopic (exact) mass is 280 g/mol. The van der Waals surface area contributed by atoms with E-state index in [2.05, 4.69) is 14.5 Å². The summed E-state index contributed by atoms with van der Waals surface area (Å²) in [5, 5.41) is 2.77. The van der Waals surface area contributed by atoms with Crippen molar-refractivity contribution in [1.82, 2.24) is 4.98 Å². The van der Waals surface area contributed by atoms with E-state index in [-0.39, 0.29) is 23.7 Å². The summed E-state index contributed by atoms with van der Waals surface area (Å²) in [6, 6.07) is 2.87. The Morgan fingerprint density at radius 2 is 2.11 bits per heavy atom. The van der Waals surface area contributed by atoms with Gasteiger partial charge in [0.2, 0.25) is 0 Å². The van der Waals surface area contributed by atoms with Crippen LogP contribution >= 0.6 is 0 Å². The number of pyridine rings is 1. The Morgan fingerprint density at radius 3 is 2.78 bits per heavy atom. The molecule has 1 aliphatic heterocycles. The van der Waals surface area contributed by atoms with E-state index in [0.717, 1.165) is 0 Å². The minimum absolute atomic E-state index is 0.132. The van der Waals surface area contributed by atoms with Crippen molar-refractivity contribution in [2.75, 3.05) is 11.9 Å². The summed E-state index contributed by atoms with van der Waals surface area (Å²) >= 11 is 0. The molecule has 1 N–H and O–H groups in total. The van der Waals surface area contributed by atoms with Crippen LogP contribution in [0.5, 0.6) is 0 Å². The highest BCUT2D eigenvalue weighted by molar-refractivity contribution is 7.87. The molecule has 0 saturated heterocycles. The van der Waals surface area contributed by atoms with E-state index in [9.17, 15) is 21.6 Å². The molecule has 5 nitrogen and oxygen atoms in total. The molecule has 1 aliphatic rings. The van der Waals surface area contributed by atoms with Gasteiger partial charge in [-0.15, -0.1) is 0 Å². The topological polar surface area (TPSA) is 68.3 Å². The molecule has 9 heteroatoms. The van der Waals surface area contributed by atoms with Crippen LogP contribution in [0.4, 0.5) is 19.0 Å². The summed E-state index contributed by atoms with van der Waals surface area (Å²) in [5.41, 5.74) is -5.29. The first-order valence-corrected chi connectivity index (χ1v) is 6.12. The molecule has 0 spiro atoms. The zero-order valence-corrected chi connectivity index (χ0v) is 9.55. The highest BCUT2D eigenvalue weighted by Gasteiger charge is 2.49. The number of halogens is 3. The van der Waals surface area contributed by atoms with E-state index >= 15 is 0 Å². The highest BCUT2D eigenvalue weighted by atomic mass is 32.2. The number of anilines is 1. The fourth-order valence-electron chi connectivity index (χ4n) is 1.34. The predicted octanol–water partition coefficient (Wildman–Crippen LogP) is 1.71.